The molecular formula is C16H20ClFN2OS. The fourth-order valence-electron chi connectivity index (χ4n) is 2.31. The number of fused-ring (bicyclic) bond motifs is 1. The van der Waals surface area contributed by atoms with E-state index in [1.165, 1.54) is 23.5 Å². The third kappa shape index (κ3) is 3.97. The highest BCUT2D eigenvalue weighted by Crippen LogP contribution is 2.35. The molecule has 0 atom stereocenters. The summed E-state index contributed by atoms with van der Waals surface area (Å²) in [4.78, 5) is 15.0. The maximum Gasteiger partial charge on any atom is 0.262 e. The fraction of sp³-hybridized carbons (Fsp3) is 0.438. The topological polar surface area (TPSA) is 32.3 Å². The van der Waals surface area contributed by atoms with Gasteiger partial charge >= 0.3 is 0 Å². The summed E-state index contributed by atoms with van der Waals surface area (Å²) in [5.41, 5.74) is 0. The fourth-order valence-corrected chi connectivity index (χ4v) is 3.77. The number of nitrogens with zero attached hydrogens (tertiary/aromatic N) is 1. The monoisotopic (exact) mass is 342 g/mol. The predicted molar refractivity (Wildman–Crippen MR) is 91.5 cm³/mol. The van der Waals surface area contributed by atoms with Gasteiger partial charge in [0.25, 0.3) is 5.91 Å². The number of amides is 1. The Labute approximate surface area is 139 Å². The lowest BCUT2D eigenvalue weighted by atomic mass is 10.2. The van der Waals surface area contributed by atoms with Gasteiger partial charge in [-0.25, -0.2) is 4.39 Å². The average Bonchev–Trinajstić information content (AvgIpc) is 2.83. The molecule has 22 heavy (non-hydrogen) atoms. The lowest BCUT2D eigenvalue weighted by molar-refractivity contribution is 0.0956. The van der Waals surface area contributed by atoms with Crippen molar-refractivity contribution in [2.24, 2.45) is 0 Å². The van der Waals surface area contributed by atoms with Gasteiger partial charge in [0, 0.05) is 16.6 Å². The van der Waals surface area contributed by atoms with Crippen LogP contribution in [0.1, 0.15) is 29.9 Å². The van der Waals surface area contributed by atoms with E-state index >= 15 is 0 Å². The molecule has 0 spiro atoms. The Morgan fingerprint density at radius 3 is 2.77 bits per heavy atom. The van der Waals surface area contributed by atoms with Crippen LogP contribution < -0.4 is 5.32 Å². The molecule has 1 N–H and O–H groups in total. The van der Waals surface area contributed by atoms with Crippen molar-refractivity contribution in [2.45, 2.75) is 20.3 Å². The third-order valence-corrected chi connectivity index (χ3v) is 5.28. The van der Waals surface area contributed by atoms with Crippen LogP contribution in [0.15, 0.2) is 18.2 Å². The van der Waals surface area contributed by atoms with Crippen molar-refractivity contribution in [1.29, 1.82) is 0 Å². The minimum atomic E-state index is -0.323. The van der Waals surface area contributed by atoms with Gasteiger partial charge in [0.15, 0.2) is 0 Å². The molecule has 6 heteroatoms. The molecular weight excluding hydrogens is 323 g/mol. The molecule has 1 aromatic heterocycles. The molecule has 2 aromatic rings. The SMILES string of the molecule is CCN(CC)CCCNC(=O)c1sc2cc(F)ccc2c1Cl. The second kappa shape index (κ2) is 7.90. The molecule has 3 nitrogen and oxygen atoms in total. The van der Waals surface area contributed by atoms with Crippen LogP contribution in [-0.2, 0) is 0 Å². The van der Waals surface area contributed by atoms with Gasteiger partial charge in [0.05, 0.1) is 5.02 Å². The van der Waals surface area contributed by atoms with Crippen LogP contribution in [0.5, 0.6) is 0 Å². The van der Waals surface area contributed by atoms with Crippen molar-refractivity contribution in [3.05, 3.63) is 33.9 Å². The third-order valence-electron chi connectivity index (χ3n) is 3.63. The minimum Gasteiger partial charge on any atom is -0.351 e. The molecule has 120 valence electrons. The lowest BCUT2D eigenvalue weighted by Crippen LogP contribution is -2.29. The number of halogens is 2. The van der Waals surface area contributed by atoms with Gasteiger partial charge in [-0.05, 0) is 44.3 Å². The van der Waals surface area contributed by atoms with Gasteiger partial charge in [-0.1, -0.05) is 25.4 Å². The first kappa shape index (κ1) is 17.2. The quantitative estimate of drug-likeness (QED) is 0.766. The number of carbonyl (C=O) groups is 1. The molecule has 0 unspecified atom stereocenters. The Kier molecular flexibility index (Phi) is 6.17. The second-order valence-electron chi connectivity index (χ2n) is 5.02. The van der Waals surface area contributed by atoms with Gasteiger partial charge in [-0.3, -0.25) is 4.79 Å². The molecule has 0 aliphatic carbocycles. The molecule has 0 saturated carbocycles. The molecule has 2 rings (SSSR count). The molecule has 0 bridgehead atoms. The van der Waals surface area contributed by atoms with Gasteiger partial charge in [-0.2, -0.15) is 0 Å². The molecule has 0 saturated heterocycles. The van der Waals surface area contributed by atoms with Crippen LogP contribution in [0.3, 0.4) is 0 Å². The maximum absolute atomic E-state index is 13.2. The standard InChI is InChI=1S/C16H20ClFN2OS/c1-3-20(4-2)9-5-8-19-16(21)15-14(17)12-7-6-11(18)10-13(12)22-15/h6-7,10H,3-5,8-9H2,1-2H3,(H,19,21). The molecule has 0 fully saturated rings. The van der Waals surface area contributed by atoms with Crippen LogP contribution in [0.25, 0.3) is 10.1 Å². The summed E-state index contributed by atoms with van der Waals surface area (Å²) in [5, 5.41) is 4.01. The van der Waals surface area contributed by atoms with Gasteiger partial charge in [-0.15, -0.1) is 11.3 Å². The van der Waals surface area contributed by atoms with E-state index in [0.717, 1.165) is 31.4 Å². The first-order valence-electron chi connectivity index (χ1n) is 7.44. The first-order valence-corrected chi connectivity index (χ1v) is 8.64. The van der Waals surface area contributed by atoms with Crippen molar-refractivity contribution in [3.63, 3.8) is 0 Å². The van der Waals surface area contributed by atoms with E-state index in [1.807, 2.05) is 0 Å². The van der Waals surface area contributed by atoms with Crippen LogP contribution in [-0.4, -0.2) is 37.0 Å². The Morgan fingerprint density at radius 2 is 2.09 bits per heavy atom. The summed E-state index contributed by atoms with van der Waals surface area (Å²) in [5.74, 6) is -0.511. The van der Waals surface area contributed by atoms with Crippen LogP contribution in [0.4, 0.5) is 4.39 Å². The van der Waals surface area contributed by atoms with E-state index < -0.39 is 0 Å². The zero-order chi connectivity index (χ0) is 16.1. The second-order valence-corrected chi connectivity index (χ2v) is 6.45. The predicted octanol–water partition coefficient (Wildman–Crippen LogP) is 4.16. The zero-order valence-electron chi connectivity index (χ0n) is 12.8. The van der Waals surface area contributed by atoms with E-state index in [1.54, 1.807) is 6.07 Å². The van der Waals surface area contributed by atoms with E-state index in [9.17, 15) is 9.18 Å². The molecule has 0 aliphatic rings. The van der Waals surface area contributed by atoms with E-state index in [4.69, 9.17) is 11.6 Å². The largest absolute Gasteiger partial charge is 0.351 e. The summed E-state index contributed by atoms with van der Waals surface area (Å²) in [6, 6.07) is 4.37. The molecule has 0 aliphatic heterocycles. The number of nitrogens with one attached hydrogen (secondary N) is 1. The Bertz CT molecular complexity index is 655. The van der Waals surface area contributed by atoms with Crippen LogP contribution in [0, 0.1) is 5.82 Å². The Balaban J connectivity index is 1.97. The molecule has 0 radical (unpaired) electrons. The van der Waals surface area contributed by atoms with Crippen molar-refractivity contribution in [3.8, 4) is 0 Å². The van der Waals surface area contributed by atoms with Gasteiger partial charge < -0.3 is 10.2 Å². The van der Waals surface area contributed by atoms with E-state index in [-0.39, 0.29) is 11.7 Å². The number of benzene rings is 1. The smallest absolute Gasteiger partial charge is 0.262 e. The minimum absolute atomic E-state index is 0.189. The number of hydrogen-bond donors (Lipinski definition) is 1. The molecule has 1 heterocycles. The number of rotatable bonds is 7. The number of hydrogen-bond acceptors (Lipinski definition) is 3. The summed E-state index contributed by atoms with van der Waals surface area (Å²) in [6.07, 6.45) is 0.893. The van der Waals surface area contributed by atoms with Crippen molar-refractivity contribution in [1.82, 2.24) is 10.2 Å². The van der Waals surface area contributed by atoms with Gasteiger partial charge in [0.2, 0.25) is 0 Å². The summed E-state index contributed by atoms with van der Waals surface area (Å²) in [7, 11) is 0. The first-order chi connectivity index (χ1) is 10.6. The molecule has 1 aromatic carbocycles. The maximum atomic E-state index is 13.2. The zero-order valence-corrected chi connectivity index (χ0v) is 14.4. The van der Waals surface area contributed by atoms with Crippen molar-refractivity contribution >= 4 is 38.9 Å². The number of thiophene rings is 1. The van der Waals surface area contributed by atoms with E-state index in [0.29, 0.717) is 21.1 Å². The van der Waals surface area contributed by atoms with Crippen LogP contribution >= 0.6 is 22.9 Å². The molecule has 1 amide bonds. The average molecular weight is 343 g/mol. The highest BCUT2D eigenvalue weighted by Gasteiger charge is 2.17. The summed E-state index contributed by atoms with van der Waals surface area (Å²) < 4.78 is 13.9. The Morgan fingerprint density at radius 1 is 1.36 bits per heavy atom. The summed E-state index contributed by atoms with van der Waals surface area (Å²) >= 11 is 7.46. The number of carbonyl (C=O) groups excluding carboxylic acids is 1. The van der Waals surface area contributed by atoms with Crippen molar-refractivity contribution in [2.75, 3.05) is 26.2 Å². The van der Waals surface area contributed by atoms with Crippen LogP contribution in [0.2, 0.25) is 5.02 Å². The highest BCUT2D eigenvalue weighted by molar-refractivity contribution is 7.21. The highest BCUT2D eigenvalue weighted by atomic mass is 35.5. The van der Waals surface area contributed by atoms with Gasteiger partial charge in [0.1, 0.15) is 10.7 Å². The van der Waals surface area contributed by atoms with Crippen molar-refractivity contribution < 1.29 is 9.18 Å². The summed E-state index contributed by atoms with van der Waals surface area (Å²) in [6.45, 7) is 7.83. The normalized spacial score (nSPS) is 11.3. The lowest BCUT2D eigenvalue weighted by Gasteiger charge is -2.17. The Hall–Kier alpha value is -1.17. The van der Waals surface area contributed by atoms with E-state index in [2.05, 4.69) is 24.1 Å².